The van der Waals surface area contributed by atoms with Gasteiger partial charge in [0, 0.05) is 6.42 Å². The molecule has 7 unspecified atom stereocenters. The molecule has 9 heteroatoms. The zero-order chi connectivity index (χ0) is 59.3. The molecule has 1 heterocycles. The molecule has 1 aliphatic rings. The van der Waals surface area contributed by atoms with Crippen molar-refractivity contribution < 1.29 is 39.8 Å². The maximum Gasteiger partial charge on any atom is 0.220 e. The van der Waals surface area contributed by atoms with Crippen molar-refractivity contribution in [3.63, 3.8) is 0 Å². The molecule has 0 aliphatic carbocycles. The highest BCUT2D eigenvalue weighted by Gasteiger charge is 2.44. The number of unbranched alkanes of at least 4 members (excludes halogenated alkanes) is 41. The molecule has 7 atom stereocenters. The fraction of sp³-hybridized carbons (Fsp3) is 0.822. The van der Waals surface area contributed by atoms with Gasteiger partial charge in [-0.25, -0.2) is 0 Å². The first-order valence-corrected chi connectivity index (χ1v) is 35.2. The predicted octanol–water partition coefficient (Wildman–Crippen LogP) is 19.1. The van der Waals surface area contributed by atoms with Crippen LogP contribution in [0.3, 0.4) is 0 Å². The van der Waals surface area contributed by atoms with Crippen LogP contribution in [0, 0.1) is 0 Å². The van der Waals surface area contributed by atoms with Gasteiger partial charge in [0.1, 0.15) is 24.4 Å². The maximum atomic E-state index is 13.1. The number of amides is 1. The summed E-state index contributed by atoms with van der Waals surface area (Å²) >= 11 is 0. The van der Waals surface area contributed by atoms with Crippen LogP contribution in [0.5, 0.6) is 0 Å². The van der Waals surface area contributed by atoms with Crippen molar-refractivity contribution in [1.82, 2.24) is 5.32 Å². The number of nitrogens with one attached hydrogen (secondary N) is 1. The molecule has 0 aromatic heterocycles. The minimum Gasteiger partial charge on any atom is -0.394 e. The Morgan fingerprint density at radius 1 is 0.415 bits per heavy atom. The summed E-state index contributed by atoms with van der Waals surface area (Å²) in [7, 11) is 0. The summed E-state index contributed by atoms with van der Waals surface area (Å²) < 4.78 is 11.3. The maximum absolute atomic E-state index is 13.1. The minimum absolute atomic E-state index is 0.187. The first kappa shape index (κ1) is 77.6. The number of aliphatic hydroxyl groups is 5. The average Bonchev–Trinajstić information content (AvgIpc) is 3.59. The zero-order valence-corrected chi connectivity index (χ0v) is 53.5. The van der Waals surface area contributed by atoms with E-state index in [4.69, 9.17) is 9.47 Å². The molecule has 0 radical (unpaired) electrons. The molecule has 0 aromatic rings. The predicted molar refractivity (Wildman–Crippen MR) is 350 cm³/mol. The molecule has 6 N–H and O–H groups in total. The summed E-state index contributed by atoms with van der Waals surface area (Å²) in [6, 6.07) is -0.831. The summed E-state index contributed by atoms with van der Waals surface area (Å²) in [6.07, 6.45) is 80.1. The summed E-state index contributed by atoms with van der Waals surface area (Å²) in [4.78, 5) is 13.1. The van der Waals surface area contributed by atoms with Gasteiger partial charge >= 0.3 is 0 Å². The number of aliphatic hydroxyl groups excluding tert-OH is 5. The number of hydrogen-bond donors (Lipinski definition) is 6. The highest BCUT2D eigenvalue weighted by atomic mass is 16.7. The van der Waals surface area contributed by atoms with Crippen molar-refractivity contribution in [1.29, 1.82) is 0 Å². The lowest BCUT2D eigenvalue weighted by atomic mass is 9.99. The number of hydrogen-bond acceptors (Lipinski definition) is 8. The monoisotopic (exact) mass is 1150 g/mol. The highest BCUT2D eigenvalue weighted by molar-refractivity contribution is 5.76. The van der Waals surface area contributed by atoms with E-state index in [0.29, 0.717) is 6.42 Å². The van der Waals surface area contributed by atoms with Crippen LogP contribution in [-0.4, -0.2) is 87.5 Å². The summed E-state index contributed by atoms with van der Waals surface area (Å²) in [5, 5.41) is 54.7. The molecule has 9 nitrogen and oxygen atoms in total. The van der Waals surface area contributed by atoms with Gasteiger partial charge in [0.2, 0.25) is 5.91 Å². The van der Waals surface area contributed by atoms with Crippen LogP contribution in [0.15, 0.2) is 72.9 Å². The standard InChI is InChI=1S/C73H133NO8/c1-3-5-7-9-11-13-15-17-19-21-23-25-27-28-29-30-31-32-33-34-35-36-37-38-39-40-41-43-45-47-49-51-53-55-57-59-61-63-69(77)74-66(65-81-73-72(80)71(79)70(78)68(64-75)82-73)67(76)62-60-58-56-54-52-50-48-46-44-42-26-24-22-20-18-16-14-12-10-8-6-4-2/h15,17,21,23,27-28,44,46,52,54,60,62,66-68,70-73,75-76,78-80H,3-14,16,18-20,22,24-26,29-43,45,47-51,53,55-59,61,63-65H2,1-2H3,(H,74,77)/b17-15-,23-21-,28-27-,46-44+,54-52+,62-60+. The summed E-state index contributed by atoms with van der Waals surface area (Å²) in [5.74, 6) is -0.187. The van der Waals surface area contributed by atoms with Crippen LogP contribution in [0.1, 0.15) is 328 Å². The Morgan fingerprint density at radius 2 is 0.732 bits per heavy atom. The van der Waals surface area contributed by atoms with Gasteiger partial charge in [-0.1, -0.05) is 311 Å². The highest BCUT2D eigenvalue weighted by Crippen LogP contribution is 2.23. The van der Waals surface area contributed by atoms with Crippen molar-refractivity contribution in [2.24, 2.45) is 0 Å². The third kappa shape index (κ3) is 49.8. The van der Waals surface area contributed by atoms with Crippen molar-refractivity contribution in [2.45, 2.75) is 371 Å². The van der Waals surface area contributed by atoms with Gasteiger partial charge in [0.15, 0.2) is 6.29 Å². The average molecular weight is 1150 g/mol. The van der Waals surface area contributed by atoms with Crippen molar-refractivity contribution in [2.75, 3.05) is 13.2 Å². The van der Waals surface area contributed by atoms with E-state index in [0.717, 1.165) is 57.8 Å². The van der Waals surface area contributed by atoms with Gasteiger partial charge < -0.3 is 40.3 Å². The van der Waals surface area contributed by atoms with Crippen molar-refractivity contribution >= 4 is 5.91 Å². The second kappa shape index (κ2) is 61.7. The number of rotatable bonds is 61. The molecular formula is C73H133NO8. The first-order valence-electron chi connectivity index (χ1n) is 35.2. The fourth-order valence-electron chi connectivity index (χ4n) is 11.0. The Labute approximate surface area is 506 Å². The van der Waals surface area contributed by atoms with E-state index in [9.17, 15) is 30.3 Å². The van der Waals surface area contributed by atoms with Crippen LogP contribution in [0.25, 0.3) is 0 Å². The molecule has 82 heavy (non-hydrogen) atoms. The van der Waals surface area contributed by atoms with E-state index in [1.807, 2.05) is 6.08 Å². The zero-order valence-electron chi connectivity index (χ0n) is 53.5. The largest absolute Gasteiger partial charge is 0.394 e. The molecule has 1 rings (SSSR count). The van der Waals surface area contributed by atoms with Gasteiger partial charge in [-0.15, -0.1) is 0 Å². The lowest BCUT2D eigenvalue weighted by Crippen LogP contribution is -2.60. The lowest BCUT2D eigenvalue weighted by Gasteiger charge is -2.40. The number of carbonyl (C=O) groups is 1. The van der Waals surface area contributed by atoms with Crippen molar-refractivity contribution in [3.8, 4) is 0 Å². The Bertz CT molecular complexity index is 1520. The Hall–Kier alpha value is -2.37. The van der Waals surface area contributed by atoms with Crippen LogP contribution in [0.4, 0.5) is 0 Å². The van der Waals surface area contributed by atoms with Gasteiger partial charge in [-0.05, 0) is 83.5 Å². The van der Waals surface area contributed by atoms with Crippen LogP contribution in [-0.2, 0) is 14.3 Å². The quantitative estimate of drug-likeness (QED) is 0.0261. The minimum atomic E-state index is -1.58. The molecule has 1 amide bonds. The smallest absolute Gasteiger partial charge is 0.220 e. The Morgan fingerprint density at radius 3 is 1.11 bits per heavy atom. The SMILES string of the molecule is CCCCCCC/C=C\C/C=C\C/C=C\CCCCCCCCCCCCCCCCCCCCCCCCC(=O)NC(COC1OC(CO)C(O)C(O)C1O)C(O)/C=C/CC/C=C/CC/C=C/CCCCCCCCCCCCCC. The first-order chi connectivity index (χ1) is 40.3. The van der Waals surface area contributed by atoms with E-state index in [-0.39, 0.29) is 12.5 Å². The topological polar surface area (TPSA) is 149 Å². The number of ether oxygens (including phenoxy) is 2. The molecule has 0 bridgehead atoms. The third-order valence-corrected chi connectivity index (χ3v) is 16.5. The normalized spacial score (nSPS) is 18.7. The number of allylic oxidation sites excluding steroid dienone is 11. The summed E-state index contributed by atoms with van der Waals surface area (Å²) in [5.41, 5.74) is 0. The molecule has 1 saturated heterocycles. The molecule has 0 spiro atoms. The molecular weight excluding hydrogens is 1020 g/mol. The van der Waals surface area contributed by atoms with Gasteiger partial charge in [0.25, 0.3) is 0 Å². The van der Waals surface area contributed by atoms with Gasteiger partial charge in [0.05, 0.1) is 25.4 Å². The van der Waals surface area contributed by atoms with Crippen LogP contribution >= 0.6 is 0 Å². The van der Waals surface area contributed by atoms with Crippen molar-refractivity contribution in [3.05, 3.63) is 72.9 Å². The van der Waals surface area contributed by atoms with E-state index in [1.165, 1.54) is 250 Å². The van der Waals surface area contributed by atoms with E-state index in [2.05, 4.69) is 79.9 Å². The summed E-state index contributed by atoms with van der Waals surface area (Å²) in [6.45, 7) is 3.78. The molecule has 1 fully saturated rings. The Balaban J connectivity index is 2.11. The fourth-order valence-corrected chi connectivity index (χ4v) is 11.0. The number of carbonyl (C=O) groups excluding carboxylic acids is 1. The van der Waals surface area contributed by atoms with E-state index < -0.39 is 49.5 Å². The van der Waals surface area contributed by atoms with Gasteiger partial charge in [-0.3, -0.25) is 4.79 Å². The molecule has 1 aliphatic heterocycles. The second-order valence-corrected chi connectivity index (χ2v) is 24.3. The van der Waals surface area contributed by atoms with Gasteiger partial charge in [-0.2, -0.15) is 0 Å². The molecule has 0 aromatic carbocycles. The van der Waals surface area contributed by atoms with E-state index >= 15 is 0 Å². The van der Waals surface area contributed by atoms with E-state index in [1.54, 1.807) is 6.08 Å². The van der Waals surface area contributed by atoms with Crippen LogP contribution in [0.2, 0.25) is 0 Å². The second-order valence-electron chi connectivity index (χ2n) is 24.3. The third-order valence-electron chi connectivity index (χ3n) is 16.5. The molecule has 478 valence electrons. The lowest BCUT2D eigenvalue weighted by molar-refractivity contribution is -0.302. The molecule has 0 saturated carbocycles. The van der Waals surface area contributed by atoms with Crippen LogP contribution < -0.4 is 5.32 Å². The Kier molecular flexibility index (Phi) is 58.4.